The Morgan fingerprint density at radius 2 is 1.76 bits per heavy atom. The highest BCUT2D eigenvalue weighted by Crippen LogP contribution is 2.30. The van der Waals surface area contributed by atoms with E-state index in [2.05, 4.69) is 22.2 Å². The lowest BCUT2D eigenvalue weighted by molar-refractivity contribution is 0.262. The molecule has 2 aromatic rings. The quantitative estimate of drug-likeness (QED) is 0.903. The number of benzene rings is 1. The number of para-hydroxylation sites is 2. The van der Waals surface area contributed by atoms with Crippen LogP contribution in [-0.4, -0.2) is 16.5 Å². The van der Waals surface area contributed by atoms with E-state index in [9.17, 15) is 0 Å². The molecular weight excluding hydrogens is 258 g/mol. The summed E-state index contributed by atoms with van der Waals surface area (Å²) in [6.45, 7) is 4.26. The zero-order chi connectivity index (χ0) is 14.5. The van der Waals surface area contributed by atoms with Crippen LogP contribution in [-0.2, 0) is 6.54 Å². The number of nitrogens with one attached hydrogen (secondary N) is 1. The highest BCUT2D eigenvalue weighted by molar-refractivity contribution is 5.73. The minimum atomic E-state index is 0.825. The van der Waals surface area contributed by atoms with Crippen molar-refractivity contribution in [3.8, 4) is 0 Å². The van der Waals surface area contributed by atoms with Crippen molar-refractivity contribution in [2.24, 2.45) is 11.8 Å². The molecule has 21 heavy (non-hydrogen) atoms. The van der Waals surface area contributed by atoms with E-state index >= 15 is 0 Å². The number of aromatic nitrogens is 2. The van der Waals surface area contributed by atoms with Gasteiger partial charge in [0.15, 0.2) is 0 Å². The molecule has 1 aliphatic rings. The van der Waals surface area contributed by atoms with Crippen molar-refractivity contribution in [2.75, 3.05) is 6.54 Å². The van der Waals surface area contributed by atoms with Crippen LogP contribution in [0.15, 0.2) is 30.5 Å². The molecule has 3 heteroatoms. The van der Waals surface area contributed by atoms with Crippen LogP contribution in [0.25, 0.3) is 11.0 Å². The zero-order valence-electron chi connectivity index (χ0n) is 12.9. The summed E-state index contributed by atoms with van der Waals surface area (Å²) in [6, 6.07) is 8.05. The first kappa shape index (κ1) is 14.5. The van der Waals surface area contributed by atoms with Gasteiger partial charge in [-0.15, -0.1) is 0 Å². The van der Waals surface area contributed by atoms with Gasteiger partial charge in [0, 0.05) is 6.54 Å². The van der Waals surface area contributed by atoms with Crippen LogP contribution in [0.4, 0.5) is 0 Å². The van der Waals surface area contributed by atoms with E-state index in [0.29, 0.717) is 0 Å². The molecule has 1 saturated carbocycles. The lowest BCUT2D eigenvalue weighted by atomic mass is 9.81. The van der Waals surface area contributed by atoms with Gasteiger partial charge in [-0.3, -0.25) is 4.98 Å². The van der Waals surface area contributed by atoms with E-state index in [4.69, 9.17) is 0 Å². The first-order chi connectivity index (χ1) is 10.3. The highest BCUT2D eigenvalue weighted by Gasteiger charge is 2.19. The van der Waals surface area contributed by atoms with Crippen molar-refractivity contribution >= 4 is 11.0 Å². The molecule has 0 radical (unpaired) electrons. The molecule has 1 aromatic heterocycles. The molecule has 1 aliphatic carbocycles. The number of fused-ring (bicyclic) bond motifs is 1. The summed E-state index contributed by atoms with van der Waals surface area (Å²) < 4.78 is 0. The Morgan fingerprint density at radius 3 is 2.52 bits per heavy atom. The van der Waals surface area contributed by atoms with Gasteiger partial charge in [0.25, 0.3) is 0 Å². The summed E-state index contributed by atoms with van der Waals surface area (Å²) in [5.41, 5.74) is 3.00. The number of hydrogen-bond acceptors (Lipinski definition) is 3. The fraction of sp³-hybridized carbons (Fsp3) is 0.556. The summed E-state index contributed by atoms with van der Waals surface area (Å²) in [5, 5.41) is 3.57. The van der Waals surface area contributed by atoms with Gasteiger partial charge >= 0.3 is 0 Å². The topological polar surface area (TPSA) is 37.8 Å². The first-order valence-corrected chi connectivity index (χ1v) is 8.26. The average molecular weight is 283 g/mol. The van der Waals surface area contributed by atoms with E-state index in [-0.39, 0.29) is 0 Å². The zero-order valence-corrected chi connectivity index (χ0v) is 12.9. The Morgan fingerprint density at radius 1 is 1.05 bits per heavy atom. The van der Waals surface area contributed by atoms with Gasteiger partial charge in [0.05, 0.1) is 22.9 Å². The van der Waals surface area contributed by atoms with Gasteiger partial charge in [-0.25, -0.2) is 4.98 Å². The van der Waals surface area contributed by atoms with Gasteiger partial charge in [0.1, 0.15) is 0 Å². The van der Waals surface area contributed by atoms with Crippen LogP contribution in [0, 0.1) is 11.8 Å². The Hall–Kier alpha value is -1.48. The fourth-order valence-corrected chi connectivity index (χ4v) is 3.33. The van der Waals surface area contributed by atoms with E-state index < -0.39 is 0 Å². The van der Waals surface area contributed by atoms with E-state index in [0.717, 1.165) is 41.7 Å². The van der Waals surface area contributed by atoms with Gasteiger partial charge in [-0.1, -0.05) is 38.3 Å². The molecule has 1 fully saturated rings. The Labute approximate surface area is 127 Å². The molecule has 0 aliphatic heterocycles. The Balaban J connectivity index is 1.48. The molecule has 1 N–H and O–H groups in total. The molecule has 112 valence electrons. The second kappa shape index (κ2) is 6.99. The van der Waals surface area contributed by atoms with Gasteiger partial charge < -0.3 is 5.32 Å². The van der Waals surface area contributed by atoms with Crippen LogP contribution < -0.4 is 5.32 Å². The first-order valence-electron chi connectivity index (χ1n) is 8.26. The molecular formula is C18H25N3. The number of rotatable bonds is 5. The van der Waals surface area contributed by atoms with Crippen molar-refractivity contribution < 1.29 is 0 Å². The number of nitrogens with zero attached hydrogens (tertiary/aromatic N) is 2. The molecule has 0 bridgehead atoms. The summed E-state index contributed by atoms with van der Waals surface area (Å²) >= 11 is 0. The molecule has 0 saturated heterocycles. The Kier molecular flexibility index (Phi) is 4.81. The lowest BCUT2D eigenvalue weighted by Crippen LogP contribution is -2.26. The molecule has 0 unspecified atom stereocenters. The van der Waals surface area contributed by atoms with E-state index in [1.54, 1.807) is 0 Å². The van der Waals surface area contributed by atoms with Crippen LogP contribution in [0.3, 0.4) is 0 Å². The van der Waals surface area contributed by atoms with E-state index in [1.807, 2.05) is 30.5 Å². The van der Waals surface area contributed by atoms with Crippen LogP contribution in [0.2, 0.25) is 0 Å². The van der Waals surface area contributed by atoms with E-state index in [1.165, 1.54) is 32.1 Å². The SMILES string of the molecule is CCC1CCC(CNCc2cnc3ccccc3n2)CC1. The van der Waals surface area contributed by atoms with Gasteiger partial charge in [-0.05, 0) is 43.4 Å². The third-order valence-electron chi connectivity index (χ3n) is 4.78. The highest BCUT2D eigenvalue weighted by atomic mass is 14.9. The summed E-state index contributed by atoms with van der Waals surface area (Å²) in [6.07, 6.45) is 8.84. The second-order valence-corrected chi connectivity index (χ2v) is 6.28. The fourth-order valence-electron chi connectivity index (χ4n) is 3.33. The standard InChI is InChI=1S/C18H25N3/c1-2-14-7-9-15(10-8-14)11-19-12-16-13-20-17-5-3-4-6-18(17)21-16/h3-6,13-15,19H,2,7-12H2,1H3. The summed E-state index contributed by atoms with van der Waals surface area (Å²) in [4.78, 5) is 9.12. The smallest absolute Gasteiger partial charge is 0.0890 e. The molecule has 1 aromatic carbocycles. The molecule has 0 spiro atoms. The summed E-state index contributed by atoms with van der Waals surface area (Å²) in [7, 11) is 0. The Bertz CT molecular complexity index is 573. The van der Waals surface area contributed by atoms with Crippen molar-refractivity contribution in [3.63, 3.8) is 0 Å². The average Bonchev–Trinajstić information content (AvgIpc) is 2.55. The number of hydrogen-bond donors (Lipinski definition) is 1. The summed E-state index contributed by atoms with van der Waals surface area (Å²) in [5.74, 6) is 1.83. The minimum absolute atomic E-state index is 0.825. The third kappa shape index (κ3) is 3.79. The van der Waals surface area contributed by atoms with Gasteiger partial charge in [0.2, 0.25) is 0 Å². The lowest BCUT2D eigenvalue weighted by Gasteiger charge is -2.27. The van der Waals surface area contributed by atoms with Crippen molar-refractivity contribution in [2.45, 2.75) is 45.6 Å². The third-order valence-corrected chi connectivity index (χ3v) is 4.78. The maximum Gasteiger partial charge on any atom is 0.0890 e. The van der Waals surface area contributed by atoms with Crippen LogP contribution >= 0.6 is 0 Å². The molecule has 1 heterocycles. The van der Waals surface area contributed by atoms with Crippen molar-refractivity contribution in [1.82, 2.24) is 15.3 Å². The maximum absolute atomic E-state index is 4.66. The normalized spacial score (nSPS) is 22.5. The monoisotopic (exact) mass is 283 g/mol. The minimum Gasteiger partial charge on any atom is -0.311 e. The molecule has 0 atom stereocenters. The molecule has 3 nitrogen and oxygen atoms in total. The predicted octanol–water partition coefficient (Wildman–Crippen LogP) is 3.94. The van der Waals surface area contributed by atoms with Crippen molar-refractivity contribution in [3.05, 3.63) is 36.2 Å². The molecule has 3 rings (SSSR count). The molecule has 0 amide bonds. The largest absolute Gasteiger partial charge is 0.311 e. The van der Waals surface area contributed by atoms with Crippen molar-refractivity contribution in [1.29, 1.82) is 0 Å². The second-order valence-electron chi connectivity index (χ2n) is 6.28. The van der Waals surface area contributed by atoms with Crippen LogP contribution in [0.5, 0.6) is 0 Å². The van der Waals surface area contributed by atoms with Crippen LogP contribution in [0.1, 0.15) is 44.7 Å². The maximum atomic E-state index is 4.66. The predicted molar refractivity (Wildman–Crippen MR) is 87.0 cm³/mol. The van der Waals surface area contributed by atoms with Gasteiger partial charge in [-0.2, -0.15) is 0 Å².